The van der Waals surface area contributed by atoms with Gasteiger partial charge in [0.05, 0.1) is 5.69 Å². The van der Waals surface area contributed by atoms with E-state index in [1.807, 2.05) is 66.7 Å². The molecule has 3 heterocycles. The molecule has 0 saturated carbocycles. The number of hydrogen-bond acceptors (Lipinski definition) is 7. The van der Waals surface area contributed by atoms with Gasteiger partial charge in [-0.2, -0.15) is 0 Å². The van der Waals surface area contributed by atoms with Crippen LogP contribution in [0.1, 0.15) is 27.0 Å². The van der Waals surface area contributed by atoms with Gasteiger partial charge in [-0.3, -0.25) is 14.3 Å². The van der Waals surface area contributed by atoms with Crippen LogP contribution in [-0.2, 0) is 12.3 Å². The lowest BCUT2D eigenvalue weighted by Gasteiger charge is -2.14. The molecule has 9 heteroatoms. The maximum Gasteiger partial charge on any atom is 0.251 e. The van der Waals surface area contributed by atoms with Crippen LogP contribution < -0.4 is 14.8 Å². The molecule has 3 aromatic carbocycles. The van der Waals surface area contributed by atoms with Crippen molar-refractivity contribution in [3.05, 3.63) is 114 Å². The Balaban J connectivity index is 1.23. The summed E-state index contributed by atoms with van der Waals surface area (Å²) in [6, 6.07) is 25.3. The molecule has 0 radical (unpaired) electrons. The number of rotatable bonds is 8. The molecule has 1 aliphatic rings. The molecule has 1 amide bonds. The molecule has 0 spiro atoms. The summed E-state index contributed by atoms with van der Waals surface area (Å²) in [5.74, 6) is 2.57. The first-order valence-corrected chi connectivity index (χ1v) is 13.4. The Hall–Kier alpha value is -4.63. The average molecular weight is 536 g/mol. The Bertz CT molecular complexity index is 1640. The predicted molar refractivity (Wildman–Crippen MR) is 149 cm³/mol. The van der Waals surface area contributed by atoms with E-state index in [4.69, 9.17) is 9.47 Å². The van der Waals surface area contributed by atoms with Crippen LogP contribution in [0.15, 0.2) is 96.4 Å². The number of ether oxygens (including phenoxy) is 2. The SMILES string of the molecule is Cc1ccccc1-n1c(SCc2ccccc2C(=O)NCc2ccc3c(c2)OCO3)nnc1-c1ccncc1. The van der Waals surface area contributed by atoms with Crippen molar-refractivity contribution in [2.24, 2.45) is 0 Å². The number of carbonyl (C=O) groups is 1. The highest BCUT2D eigenvalue weighted by atomic mass is 32.2. The molecule has 194 valence electrons. The molecule has 8 nitrogen and oxygen atoms in total. The molecule has 1 N–H and O–H groups in total. The highest BCUT2D eigenvalue weighted by molar-refractivity contribution is 7.98. The molecule has 1 aliphatic heterocycles. The number of aromatic nitrogens is 4. The fraction of sp³-hybridized carbons (Fsp3) is 0.133. The number of thioether (sulfide) groups is 1. The van der Waals surface area contributed by atoms with E-state index < -0.39 is 0 Å². The van der Waals surface area contributed by atoms with Crippen LogP contribution in [0.5, 0.6) is 11.5 Å². The maximum atomic E-state index is 13.2. The number of carbonyl (C=O) groups excluding carboxylic acids is 1. The smallest absolute Gasteiger partial charge is 0.251 e. The second-order valence-electron chi connectivity index (χ2n) is 8.98. The lowest BCUT2D eigenvalue weighted by molar-refractivity contribution is 0.0950. The number of nitrogens with one attached hydrogen (secondary N) is 1. The molecule has 0 aliphatic carbocycles. The van der Waals surface area contributed by atoms with Gasteiger partial charge in [0.15, 0.2) is 22.5 Å². The van der Waals surface area contributed by atoms with E-state index in [1.165, 1.54) is 0 Å². The number of para-hydroxylation sites is 1. The zero-order valence-electron chi connectivity index (χ0n) is 21.2. The first-order chi connectivity index (χ1) is 19.2. The number of pyridine rings is 1. The van der Waals surface area contributed by atoms with Gasteiger partial charge in [0, 0.05) is 35.8 Å². The van der Waals surface area contributed by atoms with Crippen molar-refractivity contribution in [2.75, 3.05) is 6.79 Å². The fourth-order valence-corrected chi connectivity index (χ4v) is 5.37. The summed E-state index contributed by atoms with van der Waals surface area (Å²) in [4.78, 5) is 17.3. The van der Waals surface area contributed by atoms with Crippen LogP contribution >= 0.6 is 11.8 Å². The lowest BCUT2D eigenvalue weighted by atomic mass is 10.1. The monoisotopic (exact) mass is 535 g/mol. The topological polar surface area (TPSA) is 91.2 Å². The van der Waals surface area contributed by atoms with E-state index in [1.54, 1.807) is 24.2 Å². The van der Waals surface area contributed by atoms with Crippen molar-refractivity contribution in [2.45, 2.75) is 24.4 Å². The highest BCUT2D eigenvalue weighted by Gasteiger charge is 2.19. The summed E-state index contributed by atoms with van der Waals surface area (Å²) in [7, 11) is 0. The minimum Gasteiger partial charge on any atom is -0.454 e. The number of nitrogens with zero attached hydrogens (tertiary/aromatic N) is 4. The Morgan fingerprint density at radius 1 is 0.949 bits per heavy atom. The summed E-state index contributed by atoms with van der Waals surface area (Å²) in [6.07, 6.45) is 3.49. The highest BCUT2D eigenvalue weighted by Crippen LogP contribution is 2.33. The Morgan fingerprint density at radius 3 is 2.62 bits per heavy atom. The molecule has 39 heavy (non-hydrogen) atoms. The summed E-state index contributed by atoms with van der Waals surface area (Å²) >= 11 is 1.54. The minimum atomic E-state index is -0.137. The van der Waals surface area contributed by atoms with Gasteiger partial charge in [0.25, 0.3) is 5.91 Å². The van der Waals surface area contributed by atoms with Crippen molar-refractivity contribution in [3.63, 3.8) is 0 Å². The summed E-state index contributed by atoms with van der Waals surface area (Å²) in [5, 5.41) is 12.8. The molecule has 0 fully saturated rings. The summed E-state index contributed by atoms with van der Waals surface area (Å²) < 4.78 is 12.9. The Morgan fingerprint density at radius 2 is 1.74 bits per heavy atom. The second kappa shape index (κ2) is 11.0. The summed E-state index contributed by atoms with van der Waals surface area (Å²) in [5.41, 5.74) is 5.52. The average Bonchev–Trinajstić information content (AvgIpc) is 3.62. The van der Waals surface area contributed by atoms with E-state index in [2.05, 4.69) is 44.1 Å². The van der Waals surface area contributed by atoms with Crippen LogP contribution in [0.2, 0.25) is 0 Å². The van der Waals surface area contributed by atoms with E-state index in [-0.39, 0.29) is 12.7 Å². The third kappa shape index (κ3) is 5.21. The van der Waals surface area contributed by atoms with Crippen molar-refractivity contribution in [3.8, 4) is 28.6 Å². The van der Waals surface area contributed by atoms with Crippen molar-refractivity contribution < 1.29 is 14.3 Å². The number of fused-ring (bicyclic) bond motifs is 1. The molecule has 6 rings (SSSR count). The van der Waals surface area contributed by atoms with Gasteiger partial charge in [0.1, 0.15) is 0 Å². The van der Waals surface area contributed by atoms with Gasteiger partial charge in [0.2, 0.25) is 6.79 Å². The standard InChI is InChI=1S/C30H25N5O3S/c1-20-6-2-5-9-25(20)35-28(22-12-14-31-15-13-22)33-34-30(35)39-18-23-7-3-4-8-24(23)29(36)32-17-21-10-11-26-27(16-21)38-19-37-26/h2-16H,17-19H2,1H3,(H,32,36). The largest absolute Gasteiger partial charge is 0.454 e. The maximum absolute atomic E-state index is 13.2. The van der Waals surface area contributed by atoms with Crippen LogP contribution in [0.25, 0.3) is 17.1 Å². The molecular formula is C30H25N5O3S. The number of amides is 1. The van der Waals surface area contributed by atoms with Crippen molar-refractivity contribution in [1.82, 2.24) is 25.1 Å². The third-order valence-electron chi connectivity index (χ3n) is 6.44. The van der Waals surface area contributed by atoms with E-state index in [9.17, 15) is 4.79 Å². The van der Waals surface area contributed by atoms with Crippen LogP contribution in [0.3, 0.4) is 0 Å². The number of benzene rings is 3. The van der Waals surface area contributed by atoms with Gasteiger partial charge < -0.3 is 14.8 Å². The Labute approximate surface area is 230 Å². The molecule has 0 unspecified atom stereocenters. The van der Waals surface area contributed by atoms with Crippen LogP contribution in [0.4, 0.5) is 0 Å². The van der Waals surface area contributed by atoms with Crippen LogP contribution in [0, 0.1) is 6.92 Å². The molecule has 2 aromatic heterocycles. The van der Waals surface area contributed by atoms with E-state index >= 15 is 0 Å². The second-order valence-corrected chi connectivity index (χ2v) is 9.92. The molecule has 0 saturated heterocycles. The molecule has 0 bridgehead atoms. The Kier molecular flexibility index (Phi) is 6.97. The molecule has 5 aromatic rings. The van der Waals surface area contributed by atoms with Gasteiger partial charge >= 0.3 is 0 Å². The van der Waals surface area contributed by atoms with Crippen molar-refractivity contribution in [1.29, 1.82) is 0 Å². The van der Waals surface area contributed by atoms with Gasteiger partial charge in [-0.05, 0) is 60.0 Å². The van der Waals surface area contributed by atoms with Gasteiger partial charge in [-0.1, -0.05) is 54.2 Å². The van der Waals surface area contributed by atoms with E-state index in [0.717, 1.165) is 44.7 Å². The number of hydrogen-bond donors (Lipinski definition) is 1. The molecule has 0 atom stereocenters. The molecular weight excluding hydrogens is 510 g/mol. The summed E-state index contributed by atoms with van der Waals surface area (Å²) in [6.45, 7) is 2.67. The third-order valence-corrected chi connectivity index (χ3v) is 7.41. The van der Waals surface area contributed by atoms with Gasteiger partial charge in [-0.15, -0.1) is 10.2 Å². The minimum absolute atomic E-state index is 0.137. The number of aryl methyl sites for hydroxylation is 1. The predicted octanol–water partition coefficient (Wildman–Crippen LogP) is 5.59. The normalized spacial score (nSPS) is 11.9. The first kappa shape index (κ1) is 24.7. The lowest BCUT2D eigenvalue weighted by Crippen LogP contribution is -2.23. The fourth-order valence-electron chi connectivity index (χ4n) is 4.42. The zero-order chi connectivity index (χ0) is 26.6. The van der Waals surface area contributed by atoms with Crippen molar-refractivity contribution >= 4 is 17.7 Å². The first-order valence-electron chi connectivity index (χ1n) is 12.5. The van der Waals surface area contributed by atoms with Gasteiger partial charge in [-0.25, -0.2) is 0 Å². The zero-order valence-corrected chi connectivity index (χ0v) is 22.0. The van der Waals surface area contributed by atoms with E-state index in [0.29, 0.717) is 23.6 Å². The quantitative estimate of drug-likeness (QED) is 0.259. The van der Waals surface area contributed by atoms with Crippen LogP contribution in [-0.4, -0.2) is 32.4 Å².